The third kappa shape index (κ3) is 7.58. The highest BCUT2D eigenvalue weighted by Crippen LogP contribution is 2.41. The minimum atomic E-state index is -0.341. The number of thiophene rings is 2. The molecule has 3 aromatic heterocycles. The van der Waals surface area contributed by atoms with Crippen molar-refractivity contribution in [3.05, 3.63) is 54.8 Å². The molecule has 0 N–H and O–H groups in total. The molecule has 210 valence electrons. The second-order valence-electron chi connectivity index (χ2n) is 10.7. The summed E-state index contributed by atoms with van der Waals surface area (Å²) in [5.41, 5.74) is 5.68. The van der Waals surface area contributed by atoms with Crippen molar-refractivity contribution in [3.63, 3.8) is 0 Å². The SMILES string of the molecule is CCCCC(CC)Cc1csc(-c2nc3c(Br)cc(F)c(Br)c3nc2-c2cc(CC(CC)CCCC)cs2)c1. The molecule has 0 fully saturated rings. The number of fused-ring (bicyclic) bond motifs is 1. The lowest BCUT2D eigenvalue weighted by molar-refractivity contribution is 0.449. The van der Waals surface area contributed by atoms with Crippen molar-refractivity contribution >= 4 is 65.6 Å². The van der Waals surface area contributed by atoms with Crippen molar-refractivity contribution in [1.82, 2.24) is 9.97 Å². The van der Waals surface area contributed by atoms with Crippen LogP contribution in [0.15, 0.2) is 37.9 Å². The Morgan fingerprint density at radius 1 is 0.744 bits per heavy atom. The van der Waals surface area contributed by atoms with Gasteiger partial charge in [-0.2, -0.15) is 0 Å². The van der Waals surface area contributed by atoms with E-state index in [-0.39, 0.29) is 5.82 Å². The molecule has 2 nitrogen and oxygen atoms in total. The normalized spacial score (nSPS) is 13.3. The Balaban J connectivity index is 1.75. The largest absolute Gasteiger partial charge is 0.242 e. The van der Waals surface area contributed by atoms with Gasteiger partial charge in [0.1, 0.15) is 28.2 Å². The van der Waals surface area contributed by atoms with Gasteiger partial charge in [-0.15, -0.1) is 22.7 Å². The molecule has 7 heteroatoms. The van der Waals surface area contributed by atoms with Gasteiger partial charge in [-0.25, -0.2) is 14.4 Å². The van der Waals surface area contributed by atoms with Crippen LogP contribution < -0.4 is 0 Å². The summed E-state index contributed by atoms with van der Waals surface area (Å²) in [6.45, 7) is 9.12. The average Bonchev–Trinajstić information content (AvgIpc) is 3.61. The monoisotopic (exact) mass is 692 g/mol. The zero-order chi connectivity index (χ0) is 27.9. The molecule has 0 amide bonds. The van der Waals surface area contributed by atoms with Crippen molar-refractivity contribution < 1.29 is 4.39 Å². The minimum absolute atomic E-state index is 0.341. The molecular formula is C32H39Br2FN2S2. The Bertz CT molecular complexity index is 1380. The van der Waals surface area contributed by atoms with E-state index in [1.54, 1.807) is 22.7 Å². The molecule has 1 aromatic carbocycles. The summed E-state index contributed by atoms with van der Waals surface area (Å²) in [7, 11) is 0. The Hall–Kier alpha value is -1.15. The zero-order valence-corrected chi connectivity index (χ0v) is 28.3. The standard InChI is InChI=1S/C32H39Br2FN2S2/c1-5-9-11-20(7-3)13-22-15-26(38-18-22)30-31(37-32-28(34)25(35)17-24(33)29(32)36-30)27-16-23(19-39-27)14-21(8-4)12-10-6-2/h15-21H,5-14H2,1-4H3. The van der Waals surface area contributed by atoms with E-state index in [1.807, 2.05) is 0 Å². The molecule has 0 aliphatic rings. The third-order valence-electron chi connectivity index (χ3n) is 7.70. The van der Waals surface area contributed by atoms with Crippen LogP contribution in [-0.4, -0.2) is 9.97 Å². The second kappa shape index (κ2) is 14.7. The van der Waals surface area contributed by atoms with Gasteiger partial charge < -0.3 is 0 Å². The maximum atomic E-state index is 14.7. The molecule has 3 heterocycles. The quantitative estimate of drug-likeness (QED) is 0.123. The number of rotatable bonds is 14. The number of halogens is 3. The first-order chi connectivity index (χ1) is 18.9. The van der Waals surface area contributed by atoms with Crippen LogP contribution in [0.5, 0.6) is 0 Å². The third-order valence-corrected chi connectivity index (χ3v) is 11.0. The number of hydrogen-bond donors (Lipinski definition) is 0. The Labute approximate surface area is 258 Å². The first-order valence-electron chi connectivity index (χ1n) is 14.4. The predicted molar refractivity (Wildman–Crippen MR) is 176 cm³/mol. The lowest BCUT2D eigenvalue weighted by Gasteiger charge is -2.13. The highest BCUT2D eigenvalue weighted by molar-refractivity contribution is 9.11. The van der Waals surface area contributed by atoms with Gasteiger partial charge in [0.2, 0.25) is 0 Å². The molecule has 0 radical (unpaired) electrons. The number of aromatic nitrogens is 2. The molecule has 2 atom stereocenters. The van der Waals surface area contributed by atoms with Gasteiger partial charge in [0.25, 0.3) is 0 Å². The maximum absolute atomic E-state index is 14.7. The number of nitrogens with zero attached hydrogens (tertiary/aromatic N) is 2. The first kappa shape index (κ1) is 30.8. The minimum Gasteiger partial charge on any atom is -0.242 e. The molecule has 0 aliphatic heterocycles. The molecule has 0 saturated heterocycles. The van der Waals surface area contributed by atoms with Crippen LogP contribution in [0.3, 0.4) is 0 Å². The summed E-state index contributed by atoms with van der Waals surface area (Å²) < 4.78 is 15.6. The Morgan fingerprint density at radius 3 is 1.69 bits per heavy atom. The van der Waals surface area contributed by atoms with E-state index in [2.05, 4.69) is 82.4 Å². The van der Waals surface area contributed by atoms with Gasteiger partial charge in [0.05, 0.1) is 14.2 Å². The number of unbranched alkanes of at least 4 members (excludes halogenated alkanes) is 2. The summed E-state index contributed by atoms with van der Waals surface area (Å²) in [6.07, 6.45) is 12.2. The van der Waals surface area contributed by atoms with Crippen LogP contribution in [0, 0.1) is 17.7 Å². The van der Waals surface area contributed by atoms with Crippen molar-refractivity contribution in [2.24, 2.45) is 11.8 Å². The predicted octanol–water partition coefficient (Wildman–Crippen LogP) is 12.3. The van der Waals surface area contributed by atoms with Gasteiger partial charge in [0.15, 0.2) is 0 Å². The topological polar surface area (TPSA) is 25.8 Å². The fraction of sp³-hybridized carbons (Fsp3) is 0.500. The van der Waals surface area contributed by atoms with E-state index in [0.29, 0.717) is 31.8 Å². The highest BCUT2D eigenvalue weighted by atomic mass is 79.9. The van der Waals surface area contributed by atoms with E-state index in [9.17, 15) is 4.39 Å². The van der Waals surface area contributed by atoms with E-state index in [4.69, 9.17) is 9.97 Å². The summed E-state index contributed by atoms with van der Waals surface area (Å²) in [4.78, 5) is 12.4. The first-order valence-corrected chi connectivity index (χ1v) is 17.7. The molecule has 0 bridgehead atoms. The van der Waals surface area contributed by atoms with Crippen molar-refractivity contribution in [3.8, 4) is 21.1 Å². The fourth-order valence-electron chi connectivity index (χ4n) is 5.22. The highest BCUT2D eigenvalue weighted by Gasteiger charge is 2.21. The molecular weight excluding hydrogens is 655 g/mol. The van der Waals surface area contributed by atoms with Crippen LogP contribution in [0.4, 0.5) is 4.39 Å². The van der Waals surface area contributed by atoms with Crippen LogP contribution in [0.2, 0.25) is 0 Å². The molecule has 2 unspecified atom stereocenters. The zero-order valence-electron chi connectivity index (χ0n) is 23.5. The lowest BCUT2D eigenvalue weighted by Crippen LogP contribution is -2.02. The molecule has 39 heavy (non-hydrogen) atoms. The number of benzene rings is 1. The van der Waals surface area contributed by atoms with E-state index >= 15 is 0 Å². The van der Waals surface area contributed by atoms with Crippen LogP contribution in [0.25, 0.3) is 32.2 Å². The lowest BCUT2D eigenvalue weighted by atomic mass is 9.93. The van der Waals surface area contributed by atoms with Gasteiger partial charge in [0, 0.05) is 4.47 Å². The number of hydrogen-bond acceptors (Lipinski definition) is 4. The molecule has 0 spiro atoms. The Kier molecular flexibility index (Phi) is 11.6. The van der Waals surface area contributed by atoms with E-state index < -0.39 is 0 Å². The van der Waals surface area contributed by atoms with Crippen LogP contribution >= 0.6 is 54.5 Å². The van der Waals surface area contributed by atoms with Crippen molar-refractivity contribution in [1.29, 1.82) is 0 Å². The van der Waals surface area contributed by atoms with Gasteiger partial charge in [-0.1, -0.05) is 79.1 Å². The summed E-state index contributed by atoms with van der Waals surface area (Å²) in [5, 5.41) is 4.56. The van der Waals surface area contributed by atoms with Gasteiger partial charge in [-0.05, 0) is 96.6 Å². The van der Waals surface area contributed by atoms with E-state index in [1.165, 1.54) is 68.6 Å². The molecule has 4 rings (SSSR count). The average molecular weight is 695 g/mol. The Morgan fingerprint density at radius 2 is 1.23 bits per heavy atom. The van der Waals surface area contributed by atoms with Crippen LogP contribution in [-0.2, 0) is 12.8 Å². The van der Waals surface area contributed by atoms with Crippen LogP contribution in [0.1, 0.15) is 90.2 Å². The summed E-state index contributed by atoms with van der Waals surface area (Å²) >= 11 is 10.4. The van der Waals surface area contributed by atoms with E-state index in [0.717, 1.165) is 34.0 Å². The van der Waals surface area contributed by atoms with Gasteiger partial charge in [-0.3, -0.25) is 0 Å². The fourth-order valence-corrected chi connectivity index (χ4v) is 7.92. The second-order valence-corrected chi connectivity index (χ2v) is 14.1. The van der Waals surface area contributed by atoms with Crippen molar-refractivity contribution in [2.45, 2.75) is 91.9 Å². The smallest absolute Gasteiger partial charge is 0.140 e. The van der Waals surface area contributed by atoms with Gasteiger partial charge >= 0.3 is 0 Å². The van der Waals surface area contributed by atoms with Crippen molar-refractivity contribution in [2.75, 3.05) is 0 Å². The molecule has 4 aromatic rings. The maximum Gasteiger partial charge on any atom is 0.140 e. The molecule has 0 aliphatic carbocycles. The molecule has 0 saturated carbocycles. The summed E-state index contributed by atoms with van der Waals surface area (Å²) in [6, 6.07) is 6.05. The summed E-state index contributed by atoms with van der Waals surface area (Å²) in [5.74, 6) is 1.07.